The minimum atomic E-state index is -2.33. The Labute approximate surface area is 142 Å². The van der Waals surface area contributed by atoms with Crippen LogP contribution in [0.25, 0.3) is 0 Å². The predicted octanol–water partition coefficient (Wildman–Crippen LogP) is 4.85. The molecule has 0 spiro atoms. The van der Waals surface area contributed by atoms with Crippen molar-refractivity contribution in [1.29, 1.82) is 0 Å². The molecule has 0 radical (unpaired) electrons. The standard InChI is InChI=1S/C18H31NO3S/c1-3-5-6-16(4-2)15-22-18-9-7-17(8-10-18)19-11-13-23(20,21)14-12-19/h7-10,16,20-21H,3-6,11-15H2,1-2H3. The van der Waals surface area contributed by atoms with Crippen LogP contribution >= 0.6 is 10.6 Å². The van der Waals surface area contributed by atoms with Gasteiger partial charge in [0.2, 0.25) is 0 Å². The van der Waals surface area contributed by atoms with Crippen LogP contribution in [0.2, 0.25) is 0 Å². The Hall–Kier alpha value is -0.910. The van der Waals surface area contributed by atoms with E-state index in [0.717, 1.165) is 24.5 Å². The first-order valence-corrected chi connectivity index (χ1v) is 10.6. The Morgan fingerprint density at radius 1 is 1.13 bits per heavy atom. The number of anilines is 1. The molecule has 0 saturated carbocycles. The van der Waals surface area contributed by atoms with Gasteiger partial charge in [0.15, 0.2) is 0 Å². The van der Waals surface area contributed by atoms with E-state index in [4.69, 9.17) is 4.74 Å². The summed E-state index contributed by atoms with van der Waals surface area (Å²) < 4.78 is 25.3. The van der Waals surface area contributed by atoms with Crippen LogP contribution in [0, 0.1) is 5.92 Å². The molecule has 1 aliphatic heterocycles. The second-order valence-corrected chi connectivity index (χ2v) is 8.84. The van der Waals surface area contributed by atoms with E-state index in [-0.39, 0.29) is 0 Å². The maximum atomic E-state index is 9.68. The normalized spacial score (nSPS) is 20.1. The predicted molar refractivity (Wildman–Crippen MR) is 100 cm³/mol. The highest BCUT2D eigenvalue weighted by atomic mass is 32.3. The summed E-state index contributed by atoms with van der Waals surface area (Å²) in [5, 5.41) is 0. The van der Waals surface area contributed by atoms with E-state index in [1.165, 1.54) is 19.3 Å². The summed E-state index contributed by atoms with van der Waals surface area (Å²) in [6.45, 7) is 6.66. The van der Waals surface area contributed by atoms with Gasteiger partial charge < -0.3 is 9.64 Å². The van der Waals surface area contributed by atoms with Crippen molar-refractivity contribution in [2.75, 3.05) is 36.1 Å². The van der Waals surface area contributed by atoms with Gasteiger partial charge in [0, 0.05) is 18.8 Å². The highest BCUT2D eigenvalue weighted by Gasteiger charge is 2.22. The number of hydrogen-bond donors (Lipinski definition) is 2. The number of unbranched alkanes of at least 4 members (excludes halogenated alkanes) is 1. The van der Waals surface area contributed by atoms with E-state index in [1.54, 1.807) is 0 Å². The van der Waals surface area contributed by atoms with Crippen molar-refractivity contribution in [3.05, 3.63) is 24.3 Å². The molecule has 1 atom stereocenters. The van der Waals surface area contributed by atoms with E-state index < -0.39 is 10.6 Å². The van der Waals surface area contributed by atoms with Crippen LogP contribution in [-0.4, -0.2) is 40.3 Å². The molecule has 0 amide bonds. The van der Waals surface area contributed by atoms with E-state index in [0.29, 0.717) is 30.5 Å². The van der Waals surface area contributed by atoms with Crippen molar-refractivity contribution in [3.63, 3.8) is 0 Å². The maximum absolute atomic E-state index is 9.68. The smallest absolute Gasteiger partial charge is 0.119 e. The highest BCUT2D eigenvalue weighted by molar-refractivity contribution is 8.24. The molecule has 1 aromatic carbocycles. The van der Waals surface area contributed by atoms with Crippen molar-refractivity contribution in [3.8, 4) is 5.75 Å². The van der Waals surface area contributed by atoms with Gasteiger partial charge in [-0.25, -0.2) is 0 Å². The highest BCUT2D eigenvalue weighted by Crippen LogP contribution is 2.41. The van der Waals surface area contributed by atoms with Crippen molar-refractivity contribution in [2.45, 2.75) is 39.5 Å². The van der Waals surface area contributed by atoms with Crippen LogP contribution in [0.15, 0.2) is 24.3 Å². The molecule has 4 nitrogen and oxygen atoms in total. The fraction of sp³-hybridized carbons (Fsp3) is 0.667. The van der Waals surface area contributed by atoms with Gasteiger partial charge in [-0.3, -0.25) is 9.11 Å². The molecule has 0 aromatic heterocycles. The topological polar surface area (TPSA) is 52.9 Å². The lowest BCUT2D eigenvalue weighted by Gasteiger charge is -2.41. The van der Waals surface area contributed by atoms with Gasteiger partial charge in [-0.1, -0.05) is 33.1 Å². The summed E-state index contributed by atoms with van der Waals surface area (Å²) >= 11 is 0. The third-order valence-corrected chi connectivity index (χ3v) is 6.28. The van der Waals surface area contributed by atoms with E-state index in [1.807, 2.05) is 12.1 Å². The maximum Gasteiger partial charge on any atom is 0.119 e. The summed E-state index contributed by atoms with van der Waals surface area (Å²) in [7, 11) is -2.33. The molecule has 2 N–H and O–H groups in total. The Kier molecular flexibility index (Phi) is 7.06. The third kappa shape index (κ3) is 5.90. The molecule has 1 fully saturated rings. The van der Waals surface area contributed by atoms with Crippen LogP contribution in [0.1, 0.15) is 39.5 Å². The molecule has 0 bridgehead atoms. The fourth-order valence-corrected chi connectivity index (χ4v) is 4.08. The molecule has 1 saturated heterocycles. The van der Waals surface area contributed by atoms with Crippen LogP contribution in [-0.2, 0) is 0 Å². The first kappa shape index (κ1) is 18.4. The number of ether oxygens (including phenoxy) is 1. The summed E-state index contributed by atoms with van der Waals surface area (Å²) in [6, 6.07) is 8.18. The monoisotopic (exact) mass is 341 g/mol. The molecule has 1 aromatic rings. The zero-order chi connectivity index (χ0) is 16.7. The minimum absolute atomic E-state index is 0.473. The van der Waals surface area contributed by atoms with Crippen LogP contribution < -0.4 is 9.64 Å². The van der Waals surface area contributed by atoms with Gasteiger partial charge in [0.05, 0.1) is 18.1 Å². The lowest BCUT2D eigenvalue weighted by Crippen LogP contribution is -2.38. The number of benzene rings is 1. The van der Waals surface area contributed by atoms with Gasteiger partial charge in [-0.05, 0) is 36.6 Å². The summed E-state index contributed by atoms with van der Waals surface area (Å²) in [4.78, 5) is 2.21. The fourth-order valence-electron chi connectivity index (χ4n) is 2.85. The van der Waals surface area contributed by atoms with Crippen molar-refractivity contribution in [1.82, 2.24) is 0 Å². The Balaban J connectivity index is 1.82. The SMILES string of the molecule is CCCCC(CC)COc1ccc(N2CCS(O)(O)CC2)cc1. The van der Waals surface area contributed by atoms with Crippen LogP contribution in [0.5, 0.6) is 5.75 Å². The Morgan fingerprint density at radius 3 is 2.35 bits per heavy atom. The van der Waals surface area contributed by atoms with Crippen molar-refractivity contribution >= 4 is 16.3 Å². The van der Waals surface area contributed by atoms with E-state index in [9.17, 15) is 9.11 Å². The van der Waals surface area contributed by atoms with Gasteiger partial charge in [-0.2, -0.15) is 10.6 Å². The Morgan fingerprint density at radius 2 is 1.78 bits per heavy atom. The minimum Gasteiger partial charge on any atom is -0.493 e. The van der Waals surface area contributed by atoms with Gasteiger partial charge in [0.25, 0.3) is 0 Å². The zero-order valence-corrected chi connectivity index (χ0v) is 15.2. The molecule has 132 valence electrons. The Bertz CT molecular complexity index is 454. The zero-order valence-electron chi connectivity index (χ0n) is 14.4. The van der Waals surface area contributed by atoms with E-state index >= 15 is 0 Å². The average molecular weight is 342 g/mol. The van der Waals surface area contributed by atoms with Gasteiger partial charge >= 0.3 is 0 Å². The van der Waals surface area contributed by atoms with Gasteiger partial charge in [0.1, 0.15) is 5.75 Å². The van der Waals surface area contributed by atoms with Crippen LogP contribution in [0.4, 0.5) is 5.69 Å². The lowest BCUT2D eigenvalue weighted by molar-refractivity contribution is 0.233. The number of nitrogens with zero attached hydrogens (tertiary/aromatic N) is 1. The van der Waals surface area contributed by atoms with Crippen molar-refractivity contribution in [2.24, 2.45) is 5.92 Å². The molecule has 23 heavy (non-hydrogen) atoms. The molecule has 0 aliphatic carbocycles. The summed E-state index contributed by atoms with van der Waals surface area (Å²) in [5.74, 6) is 2.51. The van der Waals surface area contributed by atoms with Crippen LogP contribution in [0.3, 0.4) is 0 Å². The summed E-state index contributed by atoms with van der Waals surface area (Å²) in [6.07, 6.45) is 4.92. The molecular weight excluding hydrogens is 310 g/mol. The molecule has 1 aliphatic rings. The van der Waals surface area contributed by atoms with Crippen molar-refractivity contribution < 1.29 is 13.8 Å². The molecular formula is C18H31NO3S. The molecule has 5 heteroatoms. The second-order valence-electron chi connectivity index (χ2n) is 6.42. The third-order valence-electron chi connectivity index (χ3n) is 4.61. The van der Waals surface area contributed by atoms with E-state index in [2.05, 4.69) is 30.9 Å². The molecule has 1 heterocycles. The lowest BCUT2D eigenvalue weighted by atomic mass is 10.0. The number of rotatable bonds is 8. The first-order chi connectivity index (χ1) is 11.0. The molecule has 1 unspecified atom stereocenters. The number of hydrogen-bond acceptors (Lipinski definition) is 4. The summed E-state index contributed by atoms with van der Waals surface area (Å²) in [5.41, 5.74) is 1.13. The molecule has 2 rings (SSSR count). The quantitative estimate of drug-likeness (QED) is 0.709. The van der Waals surface area contributed by atoms with Gasteiger partial charge in [-0.15, -0.1) is 0 Å². The second kappa shape index (κ2) is 8.81. The average Bonchev–Trinajstić information content (AvgIpc) is 2.56. The first-order valence-electron chi connectivity index (χ1n) is 8.75. The largest absolute Gasteiger partial charge is 0.493 e.